The molecule has 0 saturated carbocycles. The molecule has 3 aromatic rings. The largest absolute Gasteiger partial charge is 0.438 e. The SMILES string of the molecule is O=C(Nc1ccc(Br)cn1)C1CCCN(Cn2nc(-c3ccc(F)cc3)oc2=O)C1. The second-order valence-electron chi connectivity index (χ2n) is 7.09. The second-order valence-corrected chi connectivity index (χ2v) is 8.00. The zero-order valence-electron chi connectivity index (χ0n) is 15.9. The highest BCUT2D eigenvalue weighted by Gasteiger charge is 2.27. The topological polar surface area (TPSA) is 93.3 Å². The number of hydrogen-bond acceptors (Lipinski definition) is 6. The Bertz CT molecular complexity index is 1080. The van der Waals surface area contributed by atoms with Crippen molar-refractivity contribution < 1.29 is 13.6 Å². The minimum Gasteiger partial charge on any atom is -0.388 e. The second kappa shape index (κ2) is 8.88. The number of nitrogens with zero attached hydrogens (tertiary/aromatic N) is 4. The van der Waals surface area contributed by atoms with Crippen LogP contribution in [0.5, 0.6) is 0 Å². The highest BCUT2D eigenvalue weighted by atomic mass is 79.9. The summed E-state index contributed by atoms with van der Waals surface area (Å²) in [4.78, 5) is 30.9. The van der Waals surface area contributed by atoms with E-state index in [0.29, 0.717) is 17.9 Å². The van der Waals surface area contributed by atoms with Crippen LogP contribution in [0.1, 0.15) is 12.8 Å². The Hall–Kier alpha value is -2.85. The van der Waals surface area contributed by atoms with Gasteiger partial charge in [0.1, 0.15) is 18.3 Å². The Morgan fingerprint density at radius 3 is 2.80 bits per heavy atom. The van der Waals surface area contributed by atoms with Gasteiger partial charge in [0.15, 0.2) is 0 Å². The maximum absolute atomic E-state index is 13.1. The summed E-state index contributed by atoms with van der Waals surface area (Å²) >= 11 is 3.31. The molecule has 1 saturated heterocycles. The first-order chi connectivity index (χ1) is 14.5. The van der Waals surface area contributed by atoms with Crippen molar-refractivity contribution >= 4 is 27.7 Å². The number of carbonyl (C=O) groups is 1. The zero-order valence-corrected chi connectivity index (χ0v) is 17.5. The molecule has 0 spiro atoms. The van der Waals surface area contributed by atoms with Crippen LogP contribution >= 0.6 is 15.9 Å². The molecular formula is C20H19BrFN5O3. The van der Waals surface area contributed by atoms with E-state index in [1.807, 2.05) is 11.0 Å². The summed E-state index contributed by atoms with van der Waals surface area (Å²) in [6.07, 6.45) is 3.20. The number of amides is 1. The fraction of sp³-hybridized carbons (Fsp3) is 0.300. The minimum atomic E-state index is -0.597. The van der Waals surface area contributed by atoms with E-state index in [-0.39, 0.29) is 30.2 Å². The van der Waals surface area contributed by atoms with Crippen LogP contribution in [0.25, 0.3) is 11.5 Å². The molecule has 1 fully saturated rings. The monoisotopic (exact) mass is 475 g/mol. The maximum Gasteiger partial charge on any atom is 0.438 e. The van der Waals surface area contributed by atoms with Crippen LogP contribution in [0.3, 0.4) is 0 Å². The number of rotatable bonds is 5. The van der Waals surface area contributed by atoms with Gasteiger partial charge in [0.2, 0.25) is 11.8 Å². The van der Waals surface area contributed by atoms with Crippen LogP contribution in [0.15, 0.2) is 56.3 Å². The minimum absolute atomic E-state index is 0.103. The van der Waals surface area contributed by atoms with Crippen molar-refractivity contribution in [2.75, 3.05) is 18.4 Å². The summed E-state index contributed by atoms with van der Waals surface area (Å²) < 4.78 is 20.3. The molecular weight excluding hydrogens is 457 g/mol. The Morgan fingerprint density at radius 1 is 1.27 bits per heavy atom. The maximum atomic E-state index is 13.1. The highest BCUT2D eigenvalue weighted by molar-refractivity contribution is 9.10. The lowest BCUT2D eigenvalue weighted by Crippen LogP contribution is -2.42. The molecule has 3 heterocycles. The number of anilines is 1. The average molecular weight is 476 g/mol. The smallest absolute Gasteiger partial charge is 0.388 e. The van der Waals surface area contributed by atoms with Crippen molar-refractivity contribution in [3.8, 4) is 11.5 Å². The van der Waals surface area contributed by atoms with Gasteiger partial charge in [-0.1, -0.05) is 0 Å². The van der Waals surface area contributed by atoms with E-state index >= 15 is 0 Å². The molecule has 1 atom stereocenters. The van der Waals surface area contributed by atoms with Crippen molar-refractivity contribution in [1.82, 2.24) is 19.7 Å². The fourth-order valence-electron chi connectivity index (χ4n) is 3.37. The molecule has 0 radical (unpaired) electrons. The predicted molar refractivity (Wildman–Crippen MR) is 111 cm³/mol. The van der Waals surface area contributed by atoms with Crippen molar-refractivity contribution in [1.29, 1.82) is 0 Å². The van der Waals surface area contributed by atoms with E-state index in [4.69, 9.17) is 4.42 Å². The molecule has 156 valence electrons. The van der Waals surface area contributed by atoms with Crippen LogP contribution in [-0.2, 0) is 11.5 Å². The molecule has 2 aromatic heterocycles. The summed E-state index contributed by atoms with van der Waals surface area (Å²) in [5, 5.41) is 7.04. The van der Waals surface area contributed by atoms with E-state index in [1.54, 1.807) is 12.3 Å². The molecule has 1 aliphatic rings. The molecule has 1 aliphatic heterocycles. The molecule has 8 nitrogen and oxygen atoms in total. The fourth-order valence-corrected chi connectivity index (χ4v) is 3.60. The molecule has 4 rings (SSSR count). The first-order valence-electron chi connectivity index (χ1n) is 9.46. The van der Waals surface area contributed by atoms with Gasteiger partial charge in [-0.3, -0.25) is 9.69 Å². The van der Waals surface area contributed by atoms with Gasteiger partial charge in [-0.15, -0.1) is 5.10 Å². The van der Waals surface area contributed by atoms with Crippen molar-refractivity contribution in [3.05, 3.63) is 63.4 Å². The lowest BCUT2D eigenvalue weighted by atomic mass is 9.97. The molecule has 1 aromatic carbocycles. The lowest BCUT2D eigenvalue weighted by Gasteiger charge is -2.31. The Labute approximate surface area is 179 Å². The molecule has 1 unspecified atom stereocenters. The summed E-state index contributed by atoms with van der Waals surface area (Å²) in [7, 11) is 0. The van der Waals surface area contributed by atoms with Crippen LogP contribution in [0.4, 0.5) is 10.2 Å². The average Bonchev–Trinajstić information content (AvgIpc) is 3.10. The summed E-state index contributed by atoms with van der Waals surface area (Å²) in [6.45, 7) is 1.45. The molecule has 10 heteroatoms. The van der Waals surface area contributed by atoms with Crippen molar-refractivity contribution in [3.63, 3.8) is 0 Å². The van der Waals surface area contributed by atoms with Gasteiger partial charge >= 0.3 is 5.76 Å². The molecule has 0 aliphatic carbocycles. The van der Waals surface area contributed by atoms with Gasteiger partial charge in [0.05, 0.1) is 5.92 Å². The summed E-state index contributed by atoms with van der Waals surface area (Å²) in [6, 6.07) is 9.11. The van der Waals surface area contributed by atoms with E-state index < -0.39 is 5.76 Å². The number of halogens is 2. The standard InChI is InChI=1S/C20H19BrFN5O3/c21-15-5-8-17(23-10-15)24-18(28)14-2-1-9-26(11-14)12-27-20(29)30-19(25-27)13-3-6-16(22)7-4-13/h3-8,10,14H,1-2,9,11-12H2,(H,23,24,28). The van der Waals surface area contributed by atoms with E-state index in [1.165, 1.54) is 28.9 Å². The van der Waals surface area contributed by atoms with Gasteiger partial charge in [0.25, 0.3) is 0 Å². The third-order valence-corrected chi connectivity index (χ3v) is 5.36. The first-order valence-corrected chi connectivity index (χ1v) is 10.3. The van der Waals surface area contributed by atoms with E-state index in [2.05, 4.69) is 31.3 Å². The number of likely N-dealkylation sites (tertiary alicyclic amines) is 1. The number of piperidine rings is 1. The quantitative estimate of drug-likeness (QED) is 0.609. The summed E-state index contributed by atoms with van der Waals surface area (Å²) in [5.41, 5.74) is 0.519. The normalized spacial score (nSPS) is 17.1. The molecule has 1 N–H and O–H groups in total. The number of pyridine rings is 1. The zero-order chi connectivity index (χ0) is 21.1. The third kappa shape index (κ3) is 4.82. The number of benzene rings is 1. The van der Waals surface area contributed by atoms with Crippen LogP contribution in [0, 0.1) is 11.7 Å². The van der Waals surface area contributed by atoms with Gasteiger partial charge in [0, 0.05) is 22.8 Å². The van der Waals surface area contributed by atoms with Crippen molar-refractivity contribution in [2.45, 2.75) is 19.5 Å². The van der Waals surface area contributed by atoms with Gasteiger partial charge in [-0.25, -0.2) is 14.2 Å². The lowest BCUT2D eigenvalue weighted by molar-refractivity contribution is -0.121. The number of hydrogen-bond donors (Lipinski definition) is 1. The number of nitrogens with one attached hydrogen (secondary N) is 1. The first kappa shape index (κ1) is 20.4. The molecule has 0 bridgehead atoms. The van der Waals surface area contributed by atoms with Gasteiger partial charge in [-0.2, -0.15) is 4.68 Å². The third-order valence-electron chi connectivity index (χ3n) is 4.89. The van der Waals surface area contributed by atoms with Crippen LogP contribution in [-0.4, -0.2) is 38.7 Å². The van der Waals surface area contributed by atoms with Gasteiger partial charge < -0.3 is 9.73 Å². The number of aromatic nitrogens is 3. The number of carbonyl (C=O) groups excluding carboxylic acids is 1. The van der Waals surface area contributed by atoms with Crippen LogP contribution in [0.2, 0.25) is 0 Å². The Kier molecular flexibility index (Phi) is 6.05. The van der Waals surface area contributed by atoms with Gasteiger partial charge in [-0.05, 0) is 71.7 Å². The summed E-state index contributed by atoms with van der Waals surface area (Å²) in [5.74, 6) is -0.668. The Balaban J connectivity index is 1.40. The molecule has 1 amide bonds. The van der Waals surface area contributed by atoms with E-state index in [0.717, 1.165) is 23.9 Å². The Morgan fingerprint density at radius 2 is 2.07 bits per heavy atom. The van der Waals surface area contributed by atoms with E-state index in [9.17, 15) is 14.0 Å². The predicted octanol–water partition coefficient (Wildman–Crippen LogP) is 3.11. The highest BCUT2D eigenvalue weighted by Crippen LogP contribution is 2.20. The molecule has 30 heavy (non-hydrogen) atoms. The van der Waals surface area contributed by atoms with Crippen molar-refractivity contribution in [2.24, 2.45) is 5.92 Å². The van der Waals surface area contributed by atoms with Crippen LogP contribution < -0.4 is 11.1 Å².